The number of anilines is 1. The molecule has 0 spiro atoms. The Bertz CT molecular complexity index is 1080. The molecule has 0 fully saturated rings. The predicted molar refractivity (Wildman–Crippen MR) is 106 cm³/mol. The molecule has 3 aromatic rings. The monoisotopic (exact) mass is 435 g/mol. The Morgan fingerprint density at radius 1 is 1.16 bits per heavy atom. The van der Waals surface area contributed by atoms with Crippen LogP contribution < -0.4 is 5.32 Å². The number of halogens is 3. The van der Waals surface area contributed by atoms with E-state index in [1.807, 2.05) is 17.8 Å². The van der Waals surface area contributed by atoms with Gasteiger partial charge in [-0.1, -0.05) is 6.92 Å². The van der Waals surface area contributed by atoms with E-state index in [0.29, 0.717) is 43.6 Å². The van der Waals surface area contributed by atoms with E-state index in [4.69, 9.17) is 0 Å². The average Bonchev–Trinajstić information content (AvgIpc) is 3.47. The first-order valence-corrected chi connectivity index (χ1v) is 10.3. The molecule has 0 radical (unpaired) electrons. The van der Waals surface area contributed by atoms with Crippen LogP contribution in [0.3, 0.4) is 0 Å². The third kappa shape index (κ3) is 4.21. The Balaban J connectivity index is 1.50. The van der Waals surface area contributed by atoms with Crippen LogP contribution in [0.2, 0.25) is 0 Å². The molecule has 1 atom stereocenters. The van der Waals surface area contributed by atoms with Gasteiger partial charge in [-0.15, -0.1) is 0 Å². The lowest BCUT2D eigenvalue weighted by atomic mass is 10.1. The summed E-state index contributed by atoms with van der Waals surface area (Å²) in [5, 5.41) is 15.0. The van der Waals surface area contributed by atoms with Crippen LogP contribution in [0.4, 0.5) is 18.9 Å². The molecule has 1 aliphatic rings. The normalized spacial score (nSPS) is 14.6. The van der Waals surface area contributed by atoms with Crippen LogP contribution in [-0.2, 0) is 36.9 Å². The summed E-state index contributed by atoms with van der Waals surface area (Å²) in [5.41, 5.74) is 1.32. The minimum absolute atomic E-state index is 0.221. The van der Waals surface area contributed by atoms with Crippen molar-refractivity contribution in [1.82, 2.24) is 29.3 Å². The van der Waals surface area contributed by atoms with Crippen molar-refractivity contribution in [2.24, 2.45) is 0 Å². The van der Waals surface area contributed by atoms with Gasteiger partial charge in [0.25, 0.3) is 0 Å². The first-order valence-electron chi connectivity index (χ1n) is 10.3. The Morgan fingerprint density at radius 2 is 1.94 bits per heavy atom. The van der Waals surface area contributed by atoms with Crippen molar-refractivity contribution in [2.75, 3.05) is 5.32 Å². The number of aryl methyl sites for hydroxylation is 1. The van der Waals surface area contributed by atoms with Crippen molar-refractivity contribution in [1.29, 1.82) is 0 Å². The predicted octanol–water partition coefficient (Wildman–Crippen LogP) is 3.44. The molecule has 11 heteroatoms. The number of hydrogen-bond acceptors (Lipinski definition) is 4. The van der Waals surface area contributed by atoms with E-state index in [-0.39, 0.29) is 5.56 Å². The molecule has 0 aromatic carbocycles. The summed E-state index contributed by atoms with van der Waals surface area (Å²) in [6.45, 7) is 5.02. The highest BCUT2D eigenvalue weighted by molar-refractivity contribution is 5.93. The number of aromatic nitrogens is 6. The number of amides is 1. The van der Waals surface area contributed by atoms with Gasteiger partial charge in [-0.05, 0) is 32.6 Å². The van der Waals surface area contributed by atoms with Crippen LogP contribution in [-0.4, -0.2) is 35.2 Å². The SMILES string of the molecule is CC[C@H](C(=O)Nc1cnn(Cc2cnn(CC)c2)c1)n1nc(C(F)(F)F)c2c1CCC2. The molecule has 1 aliphatic carbocycles. The van der Waals surface area contributed by atoms with Gasteiger partial charge in [0.05, 0.1) is 24.6 Å². The van der Waals surface area contributed by atoms with Crippen molar-refractivity contribution in [2.45, 2.75) is 64.8 Å². The third-order valence-electron chi connectivity index (χ3n) is 5.47. The van der Waals surface area contributed by atoms with Gasteiger partial charge in [0.15, 0.2) is 5.69 Å². The van der Waals surface area contributed by atoms with Gasteiger partial charge in [-0.3, -0.25) is 18.8 Å². The summed E-state index contributed by atoms with van der Waals surface area (Å²) >= 11 is 0. The molecule has 31 heavy (non-hydrogen) atoms. The van der Waals surface area contributed by atoms with Gasteiger partial charge >= 0.3 is 6.18 Å². The van der Waals surface area contributed by atoms with Crippen LogP contribution in [0, 0.1) is 0 Å². The molecule has 1 N–H and O–H groups in total. The highest BCUT2D eigenvalue weighted by Gasteiger charge is 2.41. The zero-order valence-electron chi connectivity index (χ0n) is 17.4. The lowest BCUT2D eigenvalue weighted by Gasteiger charge is -2.17. The molecular weight excluding hydrogens is 411 g/mol. The van der Waals surface area contributed by atoms with E-state index in [0.717, 1.165) is 12.1 Å². The number of nitrogens with one attached hydrogen (secondary N) is 1. The second kappa shape index (κ2) is 8.20. The lowest BCUT2D eigenvalue weighted by molar-refractivity contribution is -0.142. The van der Waals surface area contributed by atoms with Crippen LogP contribution >= 0.6 is 0 Å². The maximum Gasteiger partial charge on any atom is 0.435 e. The van der Waals surface area contributed by atoms with E-state index in [1.165, 1.54) is 10.9 Å². The fourth-order valence-electron chi connectivity index (χ4n) is 4.01. The maximum atomic E-state index is 13.4. The molecule has 0 saturated carbocycles. The molecule has 3 aromatic heterocycles. The largest absolute Gasteiger partial charge is 0.435 e. The summed E-state index contributed by atoms with van der Waals surface area (Å²) < 4.78 is 44.9. The van der Waals surface area contributed by atoms with Gasteiger partial charge in [-0.2, -0.15) is 28.5 Å². The van der Waals surface area contributed by atoms with Gasteiger partial charge in [0.1, 0.15) is 6.04 Å². The maximum absolute atomic E-state index is 13.4. The summed E-state index contributed by atoms with van der Waals surface area (Å²) in [5.74, 6) is -0.410. The molecule has 0 bridgehead atoms. The molecule has 166 valence electrons. The van der Waals surface area contributed by atoms with E-state index in [2.05, 4.69) is 20.6 Å². The lowest BCUT2D eigenvalue weighted by Crippen LogP contribution is -2.27. The number of nitrogens with zero attached hydrogens (tertiary/aromatic N) is 6. The Hall–Kier alpha value is -3.11. The van der Waals surface area contributed by atoms with Gasteiger partial charge in [0, 0.05) is 35.8 Å². The van der Waals surface area contributed by atoms with Crippen LogP contribution in [0.5, 0.6) is 0 Å². The quantitative estimate of drug-likeness (QED) is 0.616. The van der Waals surface area contributed by atoms with Crippen LogP contribution in [0.15, 0.2) is 24.8 Å². The van der Waals surface area contributed by atoms with Crippen LogP contribution in [0.1, 0.15) is 55.2 Å². The first kappa shape index (κ1) is 21.1. The molecule has 0 unspecified atom stereocenters. The number of fused-ring (bicyclic) bond motifs is 1. The number of carbonyl (C=O) groups excluding carboxylic acids is 1. The van der Waals surface area contributed by atoms with Crippen molar-refractivity contribution >= 4 is 11.6 Å². The minimum Gasteiger partial charge on any atom is -0.322 e. The third-order valence-corrected chi connectivity index (χ3v) is 5.47. The fraction of sp³-hybridized carbons (Fsp3) is 0.500. The molecule has 1 amide bonds. The zero-order valence-corrected chi connectivity index (χ0v) is 17.4. The smallest absolute Gasteiger partial charge is 0.322 e. The summed E-state index contributed by atoms with van der Waals surface area (Å²) in [7, 11) is 0. The van der Waals surface area contributed by atoms with Crippen molar-refractivity contribution in [3.63, 3.8) is 0 Å². The average molecular weight is 435 g/mol. The number of alkyl halides is 3. The second-order valence-electron chi connectivity index (χ2n) is 7.61. The molecule has 4 rings (SSSR count). The topological polar surface area (TPSA) is 82.6 Å². The first-order chi connectivity index (χ1) is 14.8. The second-order valence-corrected chi connectivity index (χ2v) is 7.61. The van der Waals surface area contributed by atoms with Crippen molar-refractivity contribution in [3.8, 4) is 0 Å². The zero-order chi connectivity index (χ0) is 22.2. The van der Waals surface area contributed by atoms with E-state index < -0.39 is 23.8 Å². The van der Waals surface area contributed by atoms with Gasteiger partial charge in [-0.25, -0.2) is 0 Å². The van der Waals surface area contributed by atoms with E-state index in [1.54, 1.807) is 24.0 Å². The summed E-state index contributed by atoms with van der Waals surface area (Å²) in [6, 6.07) is -0.825. The number of rotatable bonds is 7. The summed E-state index contributed by atoms with van der Waals surface area (Å²) in [6.07, 6.45) is 4.14. The molecule has 8 nitrogen and oxygen atoms in total. The standard InChI is InChI=1S/C20H24F3N7O/c1-3-16(30-17-7-5-6-15(17)18(27-30)20(21,22)23)19(31)26-14-9-25-29(12-14)11-13-8-24-28(4-2)10-13/h8-10,12,16H,3-7,11H2,1-2H3,(H,26,31)/t16-/m1/s1. The number of carbonyl (C=O) groups is 1. The highest BCUT2D eigenvalue weighted by atomic mass is 19.4. The fourth-order valence-corrected chi connectivity index (χ4v) is 4.01. The summed E-state index contributed by atoms with van der Waals surface area (Å²) in [4.78, 5) is 12.9. The van der Waals surface area contributed by atoms with E-state index >= 15 is 0 Å². The Kier molecular flexibility index (Phi) is 5.59. The van der Waals surface area contributed by atoms with E-state index in [9.17, 15) is 18.0 Å². The molecule has 0 aliphatic heterocycles. The minimum atomic E-state index is -4.53. The number of hydrogen-bond donors (Lipinski definition) is 1. The highest BCUT2D eigenvalue weighted by Crippen LogP contribution is 2.38. The Morgan fingerprint density at radius 3 is 2.61 bits per heavy atom. The van der Waals surface area contributed by atoms with Gasteiger partial charge < -0.3 is 5.32 Å². The molecule has 3 heterocycles. The molecule has 0 saturated heterocycles. The Labute approximate surface area is 177 Å². The van der Waals surface area contributed by atoms with Crippen LogP contribution in [0.25, 0.3) is 0 Å². The van der Waals surface area contributed by atoms with Crippen molar-refractivity contribution < 1.29 is 18.0 Å². The van der Waals surface area contributed by atoms with Gasteiger partial charge in [0.2, 0.25) is 5.91 Å². The van der Waals surface area contributed by atoms with Crippen molar-refractivity contribution in [3.05, 3.63) is 47.3 Å². The molecular formula is C20H24F3N7O.